The number of hydrogen-bond acceptors (Lipinski definition) is 5. The second-order valence-electron chi connectivity index (χ2n) is 6.78. The largest absolute Gasteiger partial charge is 0.454 e. The van der Waals surface area contributed by atoms with Gasteiger partial charge >= 0.3 is 0 Å². The highest BCUT2D eigenvalue weighted by Gasteiger charge is 2.34. The Kier molecular flexibility index (Phi) is 4.48. The molecule has 134 valence electrons. The fourth-order valence-electron chi connectivity index (χ4n) is 3.25. The third-order valence-electron chi connectivity index (χ3n) is 4.85. The second-order valence-corrected chi connectivity index (χ2v) is 6.78. The highest BCUT2D eigenvalue weighted by molar-refractivity contribution is 5.88. The fraction of sp³-hybridized carbons (Fsp3) is 0.556. The molecule has 4 rings (SSSR count). The van der Waals surface area contributed by atoms with Gasteiger partial charge in [-0.2, -0.15) is 0 Å². The molecule has 1 aliphatic carbocycles. The second kappa shape index (κ2) is 6.92. The highest BCUT2D eigenvalue weighted by Crippen LogP contribution is 2.32. The van der Waals surface area contributed by atoms with Gasteiger partial charge < -0.3 is 25.0 Å². The van der Waals surface area contributed by atoms with Crippen LogP contribution in [0.1, 0.15) is 24.8 Å². The topological polar surface area (TPSA) is 79.9 Å². The molecule has 2 fully saturated rings. The van der Waals surface area contributed by atoms with Crippen LogP contribution in [0.4, 0.5) is 0 Å². The molecule has 0 unspecified atom stereocenters. The van der Waals surface area contributed by atoms with Gasteiger partial charge in [-0.15, -0.1) is 0 Å². The molecule has 0 radical (unpaired) electrons. The predicted octanol–water partition coefficient (Wildman–Crippen LogP) is 0.427. The average molecular weight is 345 g/mol. The van der Waals surface area contributed by atoms with Crippen LogP contribution in [0.25, 0.3) is 0 Å². The first-order chi connectivity index (χ1) is 12.2. The Morgan fingerprint density at radius 1 is 1.24 bits per heavy atom. The van der Waals surface area contributed by atoms with Crippen LogP contribution in [-0.2, 0) is 16.0 Å². The van der Waals surface area contributed by atoms with Gasteiger partial charge in [-0.25, -0.2) is 0 Å². The van der Waals surface area contributed by atoms with E-state index in [1.54, 1.807) is 4.90 Å². The third kappa shape index (κ3) is 3.71. The van der Waals surface area contributed by atoms with E-state index in [9.17, 15) is 9.59 Å². The van der Waals surface area contributed by atoms with Crippen LogP contribution in [0, 0.1) is 0 Å². The molecule has 2 heterocycles. The SMILES string of the molecule is O=C(NC1CC1)[C@H]1CNCCN1C(=O)CCc1ccc2c(c1)OCO2. The minimum absolute atomic E-state index is 0.0233. The molecule has 0 spiro atoms. The first kappa shape index (κ1) is 16.2. The molecule has 2 N–H and O–H groups in total. The van der Waals surface area contributed by atoms with Gasteiger partial charge in [0, 0.05) is 32.1 Å². The molecule has 1 atom stereocenters. The summed E-state index contributed by atoms with van der Waals surface area (Å²) in [4.78, 5) is 26.8. The lowest BCUT2D eigenvalue weighted by Gasteiger charge is -2.35. The van der Waals surface area contributed by atoms with Crippen molar-refractivity contribution in [2.75, 3.05) is 26.4 Å². The number of hydrogen-bond donors (Lipinski definition) is 2. The van der Waals surface area contributed by atoms with Gasteiger partial charge in [0.25, 0.3) is 0 Å². The van der Waals surface area contributed by atoms with E-state index in [0.717, 1.165) is 36.4 Å². The molecule has 1 saturated heterocycles. The molecule has 2 aliphatic heterocycles. The van der Waals surface area contributed by atoms with Crippen molar-refractivity contribution in [3.8, 4) is 11.5 Å². The number of aryl methyl sites for hydroxylation is 1. The van der Waals surface area contributed by atoms with Crippen molar-refractivity contribution in [2.24, 2.45) is 0 Å². The minimum Gasteiger partial charge on any atom is -0.454 e. The summed E-state index contributed by atoms with van der Waals surface area (Å²) in [7, 11) is 0. The first-order valence-electron chi connectivity index (χ1n) is 8.90. The van der Waals surface area contributed by atoms with Gasteiger partial charge in [0.15, 0.2) is 11.5 Å². The van der Waals surface area contributed by atoms with E-state index in [-0.39, 0.29) is 18.6 Å². The Hall–Kier alpha value is -2.28. The minimum atomic E-state index is -0.404. The standard InChI is InChI=1S/C18H23N3O4/c22-17(6-2-12-1-5-15-16(9-12)25-11-24-15)21-8-7-19-10-14(21)18(23)20-13-3-4-13/h1,5,9,13-14,19H,2-4,6-8,10-11H2,(H,20,23)/t14-/m1/s1. The molecule has 0 bridgehead atoms. The zero-order valence-corrected chi connectivity index (χ0v) is 14.1. The lowest BCUT2D eigenvalue weighted by molar-refractivity contribution is -0.141. The summed E-state index contributed by atoms with van der Waals surface area (Å²) in [6.07, 6.45) is 3.09. The summed E-state index contributed by atoms with van der Waals surface area (Å²) in [5, 5.41) is 6.22. The summed E-state index contributed by atoms with van der Waals surface area (Å²) < 4.78 is 10.7. The van der Waals surface area contributed by atoms with Gasteiger partial charge in [-0.3, -0.25) is 9.59 Å². The maximum atomic E-state index is 12.7. The normalized spacial score (nSPS) is 21.9. The Morgan fingerprint density at radius 2 is 2.08 bits per heavy atom. The summed E-state index contributed by atoms with van der Waals surface area (Å²) in [6.45, 7) is 2.07. The van der Waals surface area contributed by atoms with E-state index < -0.39 is 6.04 Å². The monoisotopic (exact) mass is 345 g/mol. The van der Waals surface area contributed by atoms with Crippen molar-refractivity contribution in [2.45, 2.75) is 37.8 Å². The van der Waals surface area contributed by atoms with E-state index in [1.807, 2.05) is 18.2 Å². The zero-order chi connectivity index (χ0) is 17.2. The van der Waals surface area contributed by atoms with Crippen molar-refractivity contribution in [1.82, 2.24) is 15.5 Å². The molecule has 7 nitrogen and oxygen atoms in total. The maximum Gasteiger partial charge on any atom is 0.244 e. The molecule has 2 amide bonds. The lowest BCUT2D eigenvalue weighted by atomic mass is 10.1. The van der Waals surface area contributed by atoms with E-state index >= 15 is 0 Å². The number of nitrogens with one attached hydrogen (secondary N) is 2. The molecule has 1 saturated carbocycles. The Morgan fingerprint density at radius 3 is 2.92 bits per heavy atom. The van der Waals surface area contributed by atoms with Crippen molar-refractivity contribution in [3.63, 3.8) is 0 Å². The van der Waals surface area contributed by atoms with Gasteiger partial charge in [0.1, 0.15) is 6.04 Å². The van der Waals surface area contributed by atoms with Crippen LogP contribution >= 0.6 is 0 Å². The van der Waals surface area contributed by atoms with E-state index in [2.05, 4.69) is 10.6 Å². The number of rotatable bonds is 5. The highest BCUT2D eigenvalue weighted by atomic mass is 16.7. The van der Waals surface area contributed by atoms with Crippen LogP contribution in [-0.4, -0.2) is 55.2 Å². The van der Waals surface area contributed by atoms with Crippen LogP contribution in [0.3, 0.4) is 0 Å². The number of benzene rings is 1. The van der Waals surface area contributed by atoms with Crippen molar-refractivity contribution in [3.05, 3.63) is 23.8 Å². The van der Waals surface area contributed by atoms with E-state index in [4.69, 9.17) is 9.47 Å². The lowest BCUT2D eigenvalue weighted by Crippen LogP contribution is -2.59. The summed E-state index contributed by atoms with van der Waals surface area (Å²) in [5.74, 6) is 1.46. The third-order valence-corrected chi connectivity index (χ3v) is 4.85. The number of amides is 2. The molecule has 0 aromatic heterocycles. The molecule has 1 aromatic rings. The molecule has 1 aromatic carbocycles. The van der Waals surface area contributed by atoms with Gasteiger partial charge in [0.05, 0.1) is 0 Å². The maximum absolute atomic E-state index is 12.7. The smallest absolute Gasteiger partial charge is 0.244 e. The number of nitrogens with zero attached hydrogens (tertiary/aromatic N) is 1. The quantitative estimate of drug-likeness (QED) is 0.809. The van der Waals surface area contributed by atoms with Crippen LogP contribution in [0.15, 0.2) is 18.2 Å². The van der Waals surface area contributed by atoms with Crippen LogP contribution in [0.2, 0.25) is 0 Å². The fourth-order valence-corrected chi connectivity index (χ4v) is 3.25. The number of carbonyl (C=O) groups is 2. The average Bonchev–Trinajstić information content (AvgIpc) is 3.32. The molecular weight excluding hydrogens is 322 g/mol. The van der Waals surface area contributed by atoms with Crippen molar-refractivity contribution < 1.29 is 19.1 Å². The van der Waals surface area contributed by atoms with Crippen LogP contribution in [0.5, 0.6) is 11.5 Å². The number of carbonyl (C=O) groups excluding carboxylic acids is 2. The molecule has 7 heteroatoms. The Bertz CT molecular complexity index is 674. The molecule has 3 aliphatic rings. The molecular formula is C18H23N3O4. The van der Waals surface area contributed by atoms with E-state index in [0.29, 0.717) is 32.0 Å². The van der Waals surface area contributed by atoms with Crippen molar-refractivity contribution >= 4 is 11.8 Å². The summed E-state index contributed by atoms with van der Waals surface area (Å²) in [5.41, 5.74) is 1.03. The number of piperazine rings is 1. The van der Waals surface area contributed by atoms with Gasteiger partial charge in [0.2, 0.25) is 18.6 Å². The Labute approximate surface area is 146 Å². The molecule has 25 heavy (non-hydrogen) atoms. The predicted molar refractivity (Wildman–Crippen MR) is 90.4 cm³/mol. The van der Waals surface area contributed by atoms with Crippen molar-refractivity contribution in [1.29, 1.82) is 0 Å². The van der Waals surface area contributed by atoms with Gasteiger partial charge in [-0.05, 0) is 37.0 Å². The first-order valence-corrected chi connectivity index (χ1v) is 8.90. The number of fused-ring (bicyclic) bond motifs is 1. The summed E-state index contributed by atoms with van der Waals surface area (Å²) >= 11 is 0. The number of ether oxygens (including phenoxy) is 2. The zero-order valence-electron chi connectivity index (χ0n) is 14.1. The van der Waals surface area contributed by atoms with Crippen LogP contribution < -0.4 is 20.1 Å². The van der Waals surface area contributed by atoms with E-state index in [1.165, 1.54) is 0 Å². The summed E-state index contributed by atoms with van der Waals surface area (Å²) in [6, 6.07) is 5.65. The van der Waals surface area contributed by atoms with Gasteiger partial charge in [-0.1, -0.05) is 6.07 Å². The Balaban J connectivity index is 1.36.